The topological polar surface area (TPSA) is 63.2 Å². The van der Waals surface area contributed by atoms with Crippen LogP contribution in [0, 0.1) is 0 Å². The Morgan fingerprint density at radius 2 is 1.76 bits per heavy atom. The maximum absolute atomic E-state index is 13.0. The quantitative estimate of drug-likeness (QED) is 0.423. The fraction of sp³-hybridized carbons (Fsp3) is 0.280. The smallest absolute Gasteiger partial charge is 0.433 e. The monoisotopic (exact) mass is 491 g/mol. The molecule has 1 heterocycles. The predicted octanol–water partition coefficient (Wildman–Crippen LogP) is 5.36. The van der Waals surface area contributed by atoms with Crippen LogP contribution in [0.4, 0.5) is 13.2 Å². The minimum absolute atomic E-state index is 0.188. The number of benzene rings is 2. The van der Waals surface area contributed by atoms with Gasteiger partial charge in [0.25, 0.3) is 0 Å². The lowest BCUT2D eigenvalue weighted by Crippen LogP contribution is -2.36. The summed E-state index contributed by atoms with van der Waals surface area (Å²) >= 11 is 6.16. The average Bonchev–Trinajstić information content (AvgIpc) is 2.84. The summed E-state index contributed by atoms with van der Waals surface area (Å²) in [5.74, 6) is -0.0359. The molecule has 0 unspecified atom stereocenters. The molecule has 34 heavy (non-hydrogen) atoms. The number of ether oxygens (including phenoxy) is 1. The van der Waals surface area contributed by atoms with Crippen LogP contribution < -0.4 is 15.4 Å². The highest BCUT2D eigenvalue weighted by Crippen LogP contribution is 2.35. The third-order valence-corrected chi connectivity index (χ3v) is 5.79. The summed E-state index contributed by atoms with van der Waals surface area (Å²) in [5.41, 5.74) is 1.27. The third kappa shape index (κ3) is 6.27. The summed E-state index contributed by atoms with van der Waals surface area (Å²) in [6.07, 6.45) is -2.80. The van der Waals surface area contributed by atoms with E-state index in [9.17, 15) is 18.0 Å². The molecule has 2 atom stereocenters. The number of hydrogen-bond donors (Lipinski definition) is 2. The van der Waals surface area contributed by atoms with Crippen molar-refractivity contribution >= 4 is 17.5 Å². The molecule has 2 N–H and O–H groups in total. The van der Waals surface area contributed by atoms with Crippen molar-refractivity contribution in [3.8, 4) is 5.75 Å². The van der Waals surface area contributed by atoms with Crippen molar-refractivity contribution < 1.29 is 22.7 Å². The van der Waals surface area contributed by atoms with Crippen LogP contribution in [0.3, 0.4) is 0 Å². The molecule has 9 heteroatoms. The van der Waals surface area contributed by atoms with Gasteiger partial charge in [0.15, 0.2) is 0 Å². The number of rotatable bonds is 9. The molecular formula is C25H25ClF3N3O2. The SMILES string of the molecule is CNC(=O)[C@H](NCC[C@@H](c1ccc(C(F)(F)F)nc1)c1ccc(Cl)c(OC)c1)c1ccccc1. The first kappa shape index (κ1) is 25.5. The molecule has 2 aromatic carbocycles. The number of halogens is 4. The van der Waals surface area contributed by atoms with E-state index < -0.39 is 17.9 Å². The number of carbonyl (C=O) groups is 1. The fourth-order valence-electron chi connectivity index (χ4n) is 3.72. The number of amides is 1. The predicted molar refractivity (Wildman–Crippen MR) is 125 cm³/mol. The number of pyridine rings is 1. The number of alkyl halides is 3. The first-order valence-corrected chi connectivity index (χ1v) is 11.0. The third-order valence-electron chi connectivity index (χ3n) is 5.48. The molecule has 3 rings (SSSR count). The van der Waals surface area contributed by atoms with Gasteiger partial charge in [-0.2, -0.15) is 13.2 Å². The maximum atomic E-state index is 13.0. The molecule has 0 saturated carbocycles. The van der Waals surface area contributed by atoms with E-state index in [1.165, 1.54) is 19.4 Å². The molecule has 0 aliphatic carbocycles. The van der Waals surface area contributed by atoms with Gasteiger partial charge >= 0.3 is 6.18 Å². The van der Waals surface area contributed by atoms with Crippen LogP contribution in [0.25, 0.3) is 0 Å². The summed E-state index contributed by atoms with van der Waals surface area (Å²) < 4.78 is 44.3. The van der Waals surface area contributed by atoms with Crippen LogP contribution in [0.2, 0.25) is 5.02 Å². The molecule has 180 valence electrons. The highest BCUT2D eigenvalue weighted by atomic mass is 35.5. The maximum Gasteiger partial charge on any atom is 0.433 e. The summed E-state index contributed by atoms with van der Waals surface area (Å²) in [5, 5.41) is 6.35. The lowest BCUT2D eigenvalue weighted by atomic mass is 9.89. The number of nitrogens with one attached hydrogen (secondary N) is 2. The Hall–Kier alpha value is -3.10. The van der Waals surface area contributed by atoms with Crippen LogP contribution in [0.15, 0.2) is 66.9 Å². The first-order chi connectivity index (χ1) is 16.2. The molecule has 0 saturated heterocycles. The molecule has 0 radical (unpaired) electrons. The lowest BCUT2D eigenvalue weighted by molar-refractivity contribution is -0.141. The number of hydrogen-bond acceptors (Lipinski definition) is 4. The molecule has 0 aliphatic rings. The molecule has 0 fully saturated rings. The van der Waals surface area contributed by atoms with Crippen LogP contribution in [-0.2, 0) is 11.0 Å². The highest BCUT2D eigenvalue weighted by Gasteiger charge is 2.32. The second-order valence-electron chi connectivity index (χ2n) is 7.62. The van der Waals surface area contributed by atoms with E-state index in [0.29, 0.717) is 29.3 Å². The van der Waals surface area contributed by atoms with Crippen LogP contribution in [-0.4, -0.2) is 31.6 Å². The van der Waals surface area contributed by atoms with Crippen LogP contribution in [0.1, 0.15) is 40.8 Å². The standard InChI is InChI=1S/C25H25ClF3N3O2/c1-30-24(33)23(16-6-4-3-5-7-16)31-13-12-19(17-8-10-20(26)21(14-17)34-2)18-9-11-22(32-15-18)25(27,28)29/h3-11,14-15,19,23,31H,12-13H2,1-2H3,(H,30,33)/t19-,23-/m1/s1. The van der Waals surface area contributed by atoms with Gasteiger partial charge in [-0.05, 0) is 47.9 Å². The van der Waals surface area contributed by atoms with Gasteiger partial charge in [0.05, 0.1) is 12.1 Å². The first-order valence-electron chi connectivity index (χ1n) is 10.6. The highest BCUT2D eigenvalue weighted by molar-refractivity contribution is 6.32. The Morgan fingerprint density at radius 3 is 2.35 bits per heavy atom. The van der Waals surface area contributed by atoms with Gasteiger partial charge < -0.3 is 15.4 Å². The minimum atomic E-state index is -4.52. The van der Waals surface area contributed by atoms with Crippen LogP contribution >= 0.6 is 11.6 Å². The molecule has 3 aromatic rings. The van der Waals surface area contributed by atoms with Gasteiger partial charge in [0, 0.05) is 19.2 Å². The average molecular weight is 492 g/mol. The number of methoxy groups -OCH3 is 1. The molecule has 0 aliphatic heterocycles. The number of likely N-dealkylation sites (N-methyl/N-ethyl adjacent to an activating group) is 1. The molecular weight excluding hydrogens is 467 g/mol. The van der Waals surface area contributed by atoms with Crippen molar-refractivity contribution in [3.63, 3.8) is 0 Å². The summed E-state index contributed by atoms with van der Waals surface area (Å²) in [4.78, 5) is 16.1. The lowest BCUT2D eigenvalue weighted by Gasteiger charge is -2.22. The van der Waals surface area contributed by atoms with E-state index in [-0.39, 0.29) is 11.8 Å². The molecule has 0 bridgehead atoms. The van der Waals surface area contributed by atoms with E-state index in [0.717, 1.165) is 17.2 Å². The summed E-state index contributed by atoms with van der Waals surface area (Å²) in [7, 11) is 3.06. The normalized spacial score (nSPS) is 13.2. The van der Waals surface area contributed by atoms with Gasteiger partial charge in [-0.15, -0.1) is 0 Å². The number of carbonyl (C=O) groups excluding carboxylic acids is 1. The van der Waals surface area contributed by atoms with Gasteiger partial charge in [-0.3, -0.25) is 9.78 Å². The van der Waals surface area contributed by atoms with Gasteiger partial charge in [-0.1, -0.05) is 54.1 Å². The van der Waals surface area contributed by atoms with E-state index in [4.69, 9.17) is 16.3 Å². The van der Waals surface area contributed by atoms with E-state index >= 15 is 0 Å². The number of nitrogens with zero attached hydrogens (tertiary/aromatic N) is 1. The van der Waals surface area contributed by atoms with Crippen LogP contribution in [0.5, 0.6) is 5.75 Å². The Morgan fingerprint density at radius 1 is 1.06 bits per heavy atom. The second-order valence-corrected chi connectivity index (χ2v) is 8.03. The van der Waals surface area contributed by atoms with Crippen molar-refractivity contribution in [1.29, 1.82) is 0 Å². The van der Waals surface area contributed by atoms with Crippen molar-refractivity contribution in [1.82, 2.24) is 15.6 Å². The second kappa shape index (κ2) is 11.4. The van der Waals surface area contributed by atoms with Crippen molar-refractivity contribution in [2.24, 2.45) is 0 Å². The molecule has 0 spiro atoms. The molecule has 1 amide bonds. The minimum Gasteiger partial charge on any atom is -0.495 e. The Labute approximate surface area is 201 Å². The summed E-state index contributed by atoms with van der Waals surface area (Å²) in [6, 6.07) is 16.4. The van der Waals surface area contributed by atoms with Crippen molar-refractivity contribution in [2.45, 2.75) is 24.6 Å². The fourth-order valence-corrected chi connectivity index (χ4v) is 3.92. The molecule has 1 aromatic heterocycles. The summed E-state index contributed by atoms with van der Waals surface area (Å²) in [6.45, 7) is 0.406. The number of aromatic nitrogens is 1. The Bertz CT molecular complexity index is 1090. The largest absolute Gasteiger partial charge is 0.495 e. The Balaban J connectivity index is 1.87. The van der Waals surface area contributed by atoms with E-state index in [1.54, 1.807) is 25.2 Å². The molecule has 5 nitrogen and oxygen atoms in total. The van der Waals surface area contributed by atoms with Gasteiger partial charge in [0.1, 0.15) is 17.5 Å². The van der Waals surface area contributed by atoms with Gasteiger partial charge in [-0.25, -0.2) is 0 Å². The zero-order chi connectivity index (χ0) is 24.7. The van der Waals surface area contributed by atoms with E-state index in [2.05, 4.69) is 15.6 Å². The van der Waals surface area contributed by atoms with Crippen molar-refractivity contribution in [2.75, 3.05) is 20.7 Å². The zero-order valence-corrected chi connectivity index (χ0v) is 19.5. The van der Waals surface area contributed by atoms with Crippen molar-refractivity contribution in [3.05, 3.63) is 94.3 Å². The zero-order valence-electron chi connectivity index (χ0n) is 18.7. The Kier molecular flexibility index (Phi) is 8.52. The van der Waals surface area contributed by atoms with Gasteiger partial charge in [0.2, 0.25) is 5.91 Å². The van der Waals surface area contributed by atoms with E-state index in [1.807, 2.05) is 30.3 Å².